The van der Waals surface area contributed by atoms with Crippen LogP contribution in [0.4, 0.5) is 5.69 Å². The molecular weight excluding hydrogens is 222 g/mol. The number of carbonyl (C=O) groups excluding carboxylic acids is 2. The Kier molecular flexibility index (Phi) is 4.72. The molecule has 0 radical (unpaired) electrons. The predicted molar refractivity (Wildman–Crippen MR) is 60.6 cm³/mol. The molecule has 0 heterocycles. The zero-order chi connectivity index (χ0) is 12.7. The van der Waals surface area contributed by atoms with Gasteiger partial charge in [-0.05, 0) is 18.0 Å². The normalized spacial score (nSPS) is 9.24. The van der Waals surface area contributed by atoms with Crippen LogP contribution in [0.25, 0.3) is 10.4 Å². The first kappa shape index (κ1) is 12.7. The molecule has 0 saturated heterocycles. The maximum atomic E-state index is 11.6. The number of nitrogens with zero attached hydrogens (tertiary/aromatic N) is 3. The van der Waals surface area contributed by atoms with Crippen molar-refractivity contribution < 1.29 is 14.3 Å². The molecule has 0 saturated carbocycles. The van der Waals surface area contributed by atoms with Crippen molar-refractivity contribution in [3.05, 3.63) is 40.3 Å². The second kappa shape index (κ2) is 6.30. The first-order valence-electron chi connectivity index (χ1n) is 5.08. The number of azide groups is 1. The van der Waals surface area contributed by atoms with Gasteiger partial charge in [0.15, 0.2) is 0 Å². The van der Waals surface area contributed by atoms with Gasteiger partial charge in [0.2, 0.25) is 0 Å². The van der Waals surface area contributed by atoms with Crippen LogP contribution in [-0.4, -0.2) is 11.9 Å². The molecule has 6 nitrogen and oxygen atoms in total. The Balaban J connectivity index is 2.88. The molecule has 1 aromatic rings. The summed E-state index contributed by atoms with van der Waals surface area (Å²) in [5, 5.41) is 3.35. The molecule has 0 fully saturated rings. The van der Waals surface area contributed by atoms with E-state index in [0.29, 0.717) is 6.42 Å². The Labute approximate surface area is 97.8 Å². The van der Waals surface area contributed by atoms with Gasteiger partial charge < -0.3 is 4.74 Å². The van der Waals surface area contributed by atoms with Crippen LogP contribution in [0.2, 0.25) is 0 Å². The van der Waals surface area contributed by atoms with Crippen LogP contribution < -0.4 is 0 Å². The van der Waals surface area contributed by atoms with Gasteiger partial charge >= 0.3 is 11.9 Å². The summed E-state index contributed by atoms with van der Waals surface area (Å²) in [6.45, 7) is 1.81. The molecule has 0 aliphatic rings. The first-order chi connectivity index (χ1) is 8.19. The van der Waals surface area contributed by atoms with Gasteiger partial charge in [-0.15, -0.1) is 0 Å². The minimum atomic E-state index is -0.800. The summed E-state index contributed by atoms with van der Waals surface area (Å²) in [5.41, 5.74) is 8.55. The zero-order valence-corrected chi connectivity index (χ0v) is 9.29. The van der Waals surface area contributed by atoms with Gasteiger partial charge in [0.1, 0.15) is 0 Å². The average Bonchev–Trinajstić information content (AvgIpc) is 2.30. The van der Waals surface area contributed by atoms with Crippen LogP contribution >= 0.6 is 0 Å². The van der Waals surface area contributed by atoms with Crippen LogP contribution in [0, 0.1) is 0 Å². The fraction of sp³-hybridized carbons (Fsp3) is 0.273. The van der Waals surface area contributed by atoms with Crippen molar-refractivity contribution in [2.75, 3.05) is 0 Å². The monoisotopic (exact) mass is 233 g/mol. The summed E-state index contributed by atoms with van der Waals surface area (Å²) in [4.78, 5) is 25.3. The number of ether oxygens (including phenoxy) is 1. The lowest BCUT2D eigenvalue weighted by molar-refractivity contribution is -0.137. The van der Waals surface area contributed by atoms with E-state index >= 15 is 0 Å². The standard InChI is InChI=1S/C11H11N3O3/c1-2-5-10(15)17-11(16)8-6-3-4-7-9(8)13-14-12/h3-4,6-7H,2,5H2,1H3. The van der Waals surface area contributed by atoms with Crippen molar-refractivity contribution in [3.63, 3.8) is 0 Å². The molecule has 0 N–H and O–H groups in total. The summed E-state index contributed by atoms with van der Waals surface area (Å²) in [6, 6.07) is 6.12. The Morgan fingerprint density at radius 1 is 1.41 bits per heavy atom. The summed E-state index contributed by atoms with van der Waals surface area (Å²) < 4.78 is 4.60. The average molecular weight is 233 g/mol. The fourth-order valence-corrected chi connectivity index (χ4v) is 1.20. The van der Waals surface area contributed by atoms with Crippen molar-refractivity contribution in [3.8, 4) is 0 Å². The number of carbonyl (C=O) groups is 2. The van der Waals surface area contributed by atoms with Gasteiger partial charge in [-0.2, -0.15) is 0 Å². The molecule has 1 rings (SSSR count). The molecular formula is C11H11N3O3. The molecule has 17 heavy (non-hydrogen) atoms. The molecule has 0 aromatic heterocycles. The summed E-state index contributed by atoms with van der Waals surface area (Å²) in [7, 11) is 0. The summed E-state index contributed by atoms with van der Waals surface area (Å²) in [6.07, 6.45) is 0.777. The molecule has 0 bridgehead atoms. The number of rotatable bonds is 4. The Morgan fingerprint density at radius 2 is 2.12 bits per heavy atom. The lowest BCUT2D eigenvalue weighted by atomic mass is 10.2. The van der Waals surface area contributed by atoms with E-state index in [1.807, 2.05) is 0 Å². The van der Waals surface area contributed by atoms with Gasteiger partial charge in [0.25, 0.3) is 0 Å². The highest BCUT2D eigenvalue weighted by molar-refractivity contribution is 6.00. The summed E-state index contributed by atoms with van der Waals surface area (Å²) in [5.74, 6) is -1.39. The van der Waals surface area contributed by atoms with Crippen molar-refractivity contribution in [1.29, 1.82) is 0 Å². The van der Waals surface area contributed by atoms with E-state index in [-0.39, 0.29) is 17.7 Å². The third-order valence-corrected chi connectivity index (χ3v) is 1.94. The largest absolute Gasteiger partial charge is 0.389 e. The second-order valence-corrected chi connectivity index (χ2v) is 3.22. The van der Waals surface area contributed by atoms with Crippen molar-refractivity contribution in [2.45, 2.75) is 19.8 Å². The SMILES string of the molecule is CCCC(=O)OC(=O)c1ccccc1N=[N+]=[N-]. The molecule has 88 valence electrons. The maximum Gasteiger partial charge on any atom is 0.346 e. The number of hydrogen-bond acceptors (Lipinski definition) is 4. The molecule has 0 unspecified atom stereocenters. The van der Waals surface area contributed by atoms with Gasteiger partial charge in [-0.3, -0.25) is 4.79 Å². The van der Waals surface area contributed by atoms with E-state index in [0.717, 1.165) is 0 Å². The van der Waals surface area contributed by atoms with E-state index in [1.165, 1.54) is 12.1 Å². The highest BCUT2D eigenvalue weighted by Gasteiger charge is 2.14. The van der Waals surface area contributed by atoms with Crippen LogP contribution in [0.5, 0.6) is 0 Å². The zero-order valence-electron chi connectivity index (χ0n) is 9.29. The molecule has 6 heteroatoms. The second-order valence-electron chi connectivity index (χ2n) is 3.22. The van der Waals surface area contributed by atoms with E-state index < -0.39 is 11.9 Å². The summed E-state index contributed by atoms with van der Waals surface area (Å²) >= 11 is 0. The molecule has 0 aliphatic heterocycles. The molecule has 0 spiro atoms. The van der Waals surface area contributed by atoms with Crippen LogP contribution in [-0.2, 0) is 9.53 Å². The van der Waals surface area contributed by atoms with E-state index in [2.05, 4.69) is 14.8 Å². The van der Waals surface area contributed by atoms with Crippen LogP contribution in [0.1, 0.15) is 30.1 Å². The van der Waals surface area contributed by atoms with Gasteiger partial charge in [0, 0.05) is 11.3 Å². The third kappa shape index (κ3) is 3.62. The van der Waals surface area contributed by atoms with Crippen LogP contribution in [0.15, 0.2) is 29.4 Å². The molecule has 0 aliphatic carbocycles. The molecule has 1 aromatic carbocycles. The Bertz CT molecular complexity index is 479. The number of benzene rings is 1. The lowest BCUT2D eigenvalue weighted by Gasteiger charge is -2.04. The highest BCUT2D eigenvalue weighted by Crippen LogP contribution is 2.19. The van der Waals surface area contributed by atoms with Crippen molar-refractivity contribution >= 4 is 17.6 Å². The lowest BCUT2D eigenvalue weighted by Crippen LogP contribution is -2.12. The predicted octanol–water partition coefficient (Wildman–Crippen LogP) is 3.11. The smallest absolute Gasteiger partial charge is 0.346 e. The van der Waals surface area contributed by atoms with Gasteiger partial charge in [-0.1, -0.05) is 30.2 Å². The third-order valence-electron chi connectivity index (χ3n) is 1.94. The van der Waals surface area contributed by atoms with Gasteiger partial charge in [-0.25, -0.2) is 4.79 Å². The molecule has 0 amide bonds. The first-order valence-corrected chi connectivity index (χ1v) is 5.08. The minimum Gasteiger partial charge on any atom is -0.389 e. The van der Waals surface area contributed by atoms with Crippen LogP contribution in [0.3, 0.4) is 0 Å². The number of hydrogen-bond donors (Lipinski definition) is 0. The fourth-order valence-electron chi connectivity index (χ4n) is 1.20. The topological polar surface area (TPSA) is 92.1 Å². The highest BCUT2D eigenvalue weighted by atomic mass is 16.6. The maximum absolute atomic E-state index is 11.6. The minimum absolute atomic E-state index is 0.0785. The molecule has 0 atom stereocenters. The number of esters is 2. The van der Waals surface area contributed by atoms with Gasteiger partial charge in [0.05, 0.1) is 11.3 Å². The van der Waals surface area contributed by atoms with Crippen molar-refractivity contribution in [2.24, 2.45) is 5.11 Å². The Morgan fingerprint density at radius 3 is 2.76 bits per heavy atom. The quantitative estimate of drug-likeness (QED) is 0.263. The van der Waals surface area contributed by atoms with E-state index in [4.69, 9.17) is 5.53 Å². The van der Waals surface area contributed by atoms with Crippen molar-refractivity contribution in [1.82, 2.24) is 0 Å². The van der Waals surface area contributed by atoms with E-state index in [1.54, 1.807) is 19.1 Å². The Hall–Kier alpha value is -2.33. The van der Waals surface area contributed by atoms with E-state index in [9.17, 15) is 9.59 Å².